The summed E-state index contributed by atoms with van der Waals surface area (Å²) in [5, 5.41) is 4.83. The highest BCUT2D eigenvalue weighted by molar-refractivity contribution is 7.15. The number of anilines is 1. The van der Waals surface area contributed by atoms with Gasteiger partial charge < -0.3 is 10.2 Å². The Hall–Kier alpha value is -0.610. The Kier molecular flexibility index (Phi) is 4.55. The SMILES string of the molecule is CC(C)CNCc1sc(N(C)C(C)C2CC2)nc1C1CC1. The fraction of sp³-hybridized carbons (Fsp3) is 0.824. The lowest BCUT2D eigenvalue weighted by atomic mass is 10.2. The van der Waals surface area contributed by atoms with E-state index >= 15 is 0 Å². The fourth-order valence-corrected chi connectivity index (χ4v) is 4.01. The van der Waals surface area contributed by atoms with E-state index in [4.69, 9.17) is 4.98 Å². The van der Waals surface area contributed by atoms with Crippen LogP contribution >= 0.6 is 11.3 Å². The highest BCUT2D eigenvalue weighted by atomic mass is 32.1. The van der Waals surface area contributed by atoms with E-state index in [9.17, 15) is 0 Å². The van der Waals surface area contributed by atoms with Crippen LogP contribution in [-0.4, -0.2) is 24.6 Å². The van der Waals surface area contributed by atoms with Gasteiger partial charge in [0.2, 0.25) is 0 Å². The molecule has 0 aliphatic heterocycles. The summed E-state index contributed by atoms with van der Waals surface area (Å²) in [7, 11) is 2.23. The van der Waals surface area contributed by atoms with Gasteiger partial charge in [-0.15, -0.1) is 11.3 Å². The lowest BCUT2D eigenvalue weighted by molar-refractivity contribution is 0.553. The van der Waals surface area contributed by atoms with Gasteiger partial charge in [0.15, 0.2) is 5.13 Å². The third-order valence-corrected chi connectivity index (χ3v) is 5.90. The van der Waals surface area contributed by atoms with Crippen LogP contribution < -0.4 is 10.2 Å². The van der Waals surface area contributed by atoms with Gasteiger partial charge in [0.05, 0.1) is 5.69 Å². The molecular weight excluding hydrogens is 278 g/mol. The summed E-state index contributed by atoms with van der Waals surface area (Å²) in [6, 6.07) is 0.639. The Morgan fingerprint density at radius 3 is 2.52 bits per heavy atom. The molecular formula is C17H29N3S. The molecule has 1 aromatic rings. The maximum atomic E-state index is 5.01. The van der Waals surface area contributed by atoms with Crippen LogP contribution in [0, 0.1) is 11.8 Å². The maximum absolute atomic E-state index is 5.01. The van der Waals surface area contributed by atoms with E-state index in [-0.39, 0.29) is 0 Å². The van der Waals surface area contributed by atoms with Crippen molar-refractivity contribution in [3.63, 3.8) is 0 Å². The third kappa shape index (κ3) is 3.78. The predicted molar refractivity (Wildman–Crippen MR) is 91.2 cm³/mol. The van der Waals surface area contributed by atoms with Crippen molar-refractivity contribution >= 4 is 16.5 Å². The number of hydrogen-bond acceptors (Lipinski definition) is 4. The second kappa shape index (κ2) is 6.25. The summed E-state index contributed by atoms with van der Waals surface area (Å²) in [5.41, 5.74) is 1.39. The van der Waals surface area contributed by atoms with Crippen LogP contribution in [0.1, 0.15) is 62.9 Å². The second-order valence-corrected chi connectivity index (χ2v) is 8.35. The molecule has 0 radical (unpaired) electrons. The average molecular weight is 308 g/mol. The van der Waals surface area contributed by atoms with E-state index in [2.05, 4.69) is 38.0 Å². The van der Waals surface area contributed by atoms with Crippen LogP contribution in [0.4, 0.5) is 5.13 Å². The second-order valence-electron chi connectivity index (χ2n) is 7.29. The fourth-order valence-electron chi connectivity index (χ4n) is 2.85. The summed E-state index contributed by atoms with van der Waals surface area (Å²) in [6.45, 7) is 8.96. The normalized spacial score (nSPS) is 20.0. The van der Waals surface area contributed by atoms with Gasteiger partial charge in [0.25, 0.3) is 0 Å². The van der Waals surface area contributed by atoms with E-state index in [1.165, 1.54) is 41.4 Å². The molecule has 2 saturated carbocycles. The number of nitrogens with one attached hydrogen (secondary N) is 1. The standard InChI is InChI=1S/C17H29N3S/c1-11(2)9-18-10-15-16(14-7-8-14)19-17(21-15)20(4)12(3)13-5-6-13/h11-14,18H,5-10H2,1-4H3. The van der Waals surface area contributed by atoms with Gasteiger partial charge in [-0.25, -0.2) is 4.98 Å². The Morgan fingerprint density at radius 1 is 1.24 bits per heavy atom. The first-order valence-corrected chi connectivity index (χ1v) is 9.31. The molecule has 0 amide bonds. The van der Waals surface area contributed by atoms with Gasteiger partial charge >= 0.3 is 0 Å². The number of aromatic nitrogens is 1. The number of nitrogens with zero attached hydrogens (tertiary/aromatic N) is 2. The predicted octanol–water partition coefficient (Wildman–Crippen LogP) is 4.00. The first-order valence-electron chi connectivity index (χ1n) is 8.49. The monoisotopic (exact) mass is 307 g/mol. The summed E-state index contributed by atoms with van der Waals surface area (Å²) >= 11 is 1.91. The van der Waals surface area contributed by atoms with E-state index in [0.717, 1.165) is 24.9 Å². The molecule has 118 valence electrons. The Labute approximate surface area is 133 Å². The van der Waals surface area contributed by atoms with Crippen LogP contribution in [0.15, 0.2) is 0 Å². The average Bonchev–Trinajstić information content (AvgIpc) is 3.34. The highest BCUT2D eigenvalue weighted by Gasteiger charge is 2.34. The van der Waals surface area contributed by atoms with Crippen molar-refractivity contribution in [1.82, 2.24) is 10.3 Å². The molecule has 1 atom stereocenters. The molecule has 1 N–H and O–H groups in total. The molecule has 2 aliphatic carbocycles. The van der Waals surface area contributed by atoms with Gasteiger partial charge in [-0.05, 0) is 51.0 Å². The van der Waals surface area contributed by atoms with E-state index < -0.39 is 0 Å². The molecule has 2 aliphatic rings. The van der Waals surface area contributed by atoms with Crippen molar-refractivity contribution in [3.05, 3.63) is 10.6 Å². The smallest absolute Gasteiger partial charge is 0.185 e. The Morgan fingerprint density at radius 2 is 1.95 bits per heavy atom. The number of thiazole rings is 1. The number of hydrogen-bond donors (Lipinski definition) is 1. The zero-order chi connectivity index (χ0) is 15.0. The minimum Gasteiger partial charge on any atom is -0.348 e. The summed E-state index contributed by atoms with van der Waals surface area (Å²) in [4.78, 5) is 8.90. The third-order valence-electron chi connectivity index (χ3n) is 4.74. The Bertz CT molecular complexity index is 474. The van der Waals surface area contributed by atoms with Crippen LogP contribution in [0.2, 0.25) is 0 Å². The van der Waals surface area contributed by atoms with Gasteiger partial charge in [-0.2, -0.15) is 0 Å². The molecule has 3 rings (SSSR count). The molecule has 21 heavy (non-hydrogen) atoms. The lowest BCUT2D eigenvalue weighted by Crippen LogP contribution is -2.30. The summed E-state index contributed by atoms with van der Waals surface area (Å²) in [5.74, 6) is 2.35. The van der Waals surface area contributed by atoms with E-state index in [1.54, 1.807) is 0 Å². The van der Waals surface area contributed by atoms with Gasteiger partial charge in [0, 0.05) is 30.4 Å². The zero-order valence-corrected chi connectivity index (χ0v) is 14.7. The van der Waals surface area contributed by atoms with Crippen molar-refractivity contribution in [3.8, 4) is 0 Å². The topological polar surface area (TPSA) is 28.2 Å². The van der Waals surface area contributed by atoms with Crippen LogP contribution in [0.3, 0.4) is 0 Å². The zero-order valence-electron chi connectivity index (χ0n) is 13.9. The minimum atomic E-state index is 0.639. The van der Waals surface area contributed by atoms with Crippen LogP contribution in [-0.2, 0) is 6.54 Å². The largest absolute Gasteiger partial charge is 0.348 e. The van der Waals surface area contributed by atoms with Crippen molar-refractivity contribution < 1.29 is 0 Å². The molecule has 1 heterocycles. The lowest BCUT2D eigenvalue weighted by Gasteiger charge is -2.23. The van der Waals surface area contributed by atoms with Gasteiger partial charge in [0.1, 0.15) is 0 Å². The molecule has 1 aromatic heterocycles. The Balaban J connectivity index is 1.69. The van der Waals surface area contributed by atoms with E-state index in [0.29, 0.717) is 12.0 Å². The van der Waals surface area contributed by atoms with Crippen molar-refractivity contribution in [2.45, 2.75) is 65.0 Å². The van der Waals surface area contributed by atoms with Crippen molar-refractivity contribution in [2.75, 3.05) is 18.5 Å². The van der Waals surface area contributed by atoms with Gasteiger partial charge in [-0.1, -0.05) is 13.8 Å². The molecule has 0 spiro atoms. The first-order chi connectivity index (χ1) is 10.1. The van der Waals surface area contributed by atoms with Crippen molar-refractivity contribution in [1.29, 1.82) is 0 Å². The summed E-state index contributed by atoms with van der Waals surface area (Å²) < 4.78 is 0. The molecule has 0 bridgehead atoms. The molecule has 4 heteroatoms. The minimum absolute atomic E-state index is 0.639. The molecule has 2 fully saturated rings. The van der Waals surface area contributed by atoms with Gasteiger partial charge in [-0.3, -0.25) is 0 Å². The van der Waals surface area contributed by atoms with Crippen LogP contribution in [0.25, 0.3) is 0 Å². The molecule has 0 saturated heterocycles. The van der Waals surface area contributed by atoms with E-state index in [1.807, 2.05) is 11.3 Å². The van der Waals surface area contributed by atoms with Crippen LogP contribution in [0.5, 0.6) is 0 Å². The summed E-state index contributed by atoms with van der Waals surface area (Å²) in [6.07, 6.45) is 5.47. The molecule has 0 aromatic carbocycles. The maximum Gasteiger partial charge on any atom is 0.185 e. The molecule has 3 nitrogen and oxygen atoms in total. The molecule has 1 unspecified atom stereocenters. The first kappa shape index (κ1) is 15.3. The quantitative estimate of drug-likeness (QED) is 0.787. The number of rotatable bonds is 8. The van der Waals surface area contributed by atoms with Crippen molar-refractivity contribution in [2.24, 2.45) is 11.8 Å². The highest BCUT2D eigenvalue weighted by Crippen LogP contribution is 2.45.